The number of pyridine rings is 1. The van der Waals surface area contributed by atoms with E-state index in [1.54, 1.807) is 6.20 Å². The maximum absolute atomic E-state index is 11.2. The molecule has 1 aliphatic rings. The summed E-state index contributed by atoms with van der Waals surface area (Å²) in [6.07, 6.45) is 5.16. The molecule has 1 aliphatic carbocycles. The lowest BCUT2D eigenvalue weighted by Crippen LogP contribution is -2.43. The first-order valence-electron chi connectivity index (χ1n) is 5.38. The number of rotatable bonds is 3. The Bertz CT molecular complexity index is 366. The predicted octanol–water partition coefficient (Wildman–Crippen LogP) is 2.15. The van der Waals surface area contributed by atoms with Crippen LogP contribution in [0.3, 0.4) is 0 Å². The zero-order valence-electron chi connectivity index (χ0n) is 8.86. The summed E-state index contributed by atoms with van der Waals surface area (Å²) in [6.45, 7) is 2.06. The normalized spacial score (nSPS) is 18.2. The second kappa shape index (κ2) is 3.65. The van der Waals surface area contributed by atoms with E-state index in [2.05, 4.69) is 11.9 Å². The summed E-state index contributed by atoms with van der Waals surface area (Å²) < 4.78 is 0. The van der Waals surface area contributed by atoms with Crippen molar-refractivity contribution in [1.29, 1.82) is 0 Å². The molecule has 15 heavy (non-hydrogen) atoms. The second-order valence-electron chi connectivity index (χ2n) is 4.15. The van der Waals surface area contributed by atoms with E-state index in [-0.39, 0.29) is 0 Å². The Hall–Kier alpha value is -1.38. The van der Waals surface area contributed by atoms with E-state index >= 15 is 0 Å². The molecule has 1 heterocycles. The Morgan fingerprint density at radius 1 is 1.53 bits per heavy atom. The zero-order chi connectivity index (χ0) is 10.9. The van der Waals surface area contributed by atoms with Crippen LogP contribution in [0.2, 0.25) is 0 Å². The molecule has 0 amide bonds. The third-order valence-corrected chi connectivity index (χ3v) is 3.34. The number of hydrogen-bond donors (Lipinski definition) is 1. The summed E-state index contributed by atoms with van der Waals surface area (Å²) in [4.78, 5) is 15.5. The van der Waals surface area contributed by atoms with Crippen LogP contribution in [-0.2, 0) is 16.6 Å². The van der Waals surface area contributed by atoms with Crippen molar-refractivity contribution in [1.82, 2.24) is 4.98 Å². The Balaban J connectivity index is 2.31. The first-order valence-corrected chi connectivity index (χ1v) is 5.38. The van der Waals surface area contributed by atoms with E-state index in [0.29, 0.717) is 0 Å². The second-order valence-corrected chi connectivity index (χ2v) is 4.15. The molecule has 3 heteroatoms. The lowest BCUT2D eigenvalue weighted by molar-refractivity contribution is -0.147. The van der Waals surface area contributed by atoms with Crippen molar-refractivity contribution in [2.24, 2.45) is 0 Å². The van der Waals surface area contributed by atoms with Crippen molar-refractivity contribution in [3.8, 4) is 0 Å². The molecule has 1 aromatic rings. The van der Waals surface area contributed by atoms with Gasteiger partial charge in [-0.2, -0.15) is 0 Å². The first kappa shape index (κ1) is 10.1. The number of hydrogen-bond acceptors (Lipinski definition) is 2. The highest BCUT2D eigenvalue weighted by Crippen LogP contribution is 2.42. The Morgan fingerprint density at radius 2 is 2.27 bits per heavy atom. The van der Waals surface area contributed by atoms with Gasteiger partial charge in [0.1, 0.15) is 5.41 Å². The molecule has 0 aliphatic heterocycles. The minimum atomic E-state index is -0.731. The van der Waals surface area contributed by atoms with E-state index in [1.807, 2.05) is 12.1 Å². The molecular formula is C12H15NO2. The van der Waals surface area contributed by atoms with Crippen LogP contribution in [0.15, 0.2) is 18.3 Å². The first-order chi connectivity index (χ1) is 7.19. The van der Waals surface area contributed by atoms with Gasteiger partial charge in [0.15, 0.2) is 0 Å². The molecule has 1 N–H and O–H groups in total. The van der Waals surface area contributed by atoms with Crippen LogP contribution in [-0.4, -0.2) is 16.1 Å². The van der Waals surface area contributed by atoms with Crippen LogP contribution in [0.1, 0.15) is 37.4 Å². The van der Waals surface area contributed by atoms with Gasteiger partial charge in [0.25, 0.3) is 0 Å². The maximum Gasteiger partial charge on any atom is 0.315 e. The highest BCUT2D eigenvalue weighted by atomic mass is 16.4. The molecule has 0 aromatic carbocycles. The Morgan fingerprint density at radius 3 is 2.60 bits per heavy atom. The number of carboxylic acids is 1. The Labute approximate surface area is 89.2 Å². The van der Waals surface area contributed by atoms with E-state index in [4.69, 9.17) is 0 Å². The van der Waals surface area contributed by atoms with Gasteiger partial charge in [0.2, 0.25) is 0 Å². The fourth-order valence-electron chi connectivity index (χ4n) is 2.03. The van der Waals surface area contributed by atoms with Crippen LogP contribution in [0.25, 0.3) is 0 Å². The van der Waals surface area contributed by atoms with Gasteiger partial charge >= 0.3 is 5.97 Å². The molecule has 0 saturated heterocycles. The summed E-state index contributed by atoms with van der Waals surface area (Å²) in [5.41, 5.74) is 1.18. The molecule has 1 aromatic heterocycles. The van der Waals surface area contributed by atoms with Gasteiger partial charge in [0.05, 0.1) is 5.69 Å². The van der Waals surface area contributed by atoms with Gasteiger partial charge in [-0.3, -0.25) is 9.78 Å². The van der Waals surface area contributed by atoms with Crippen molar-refractivity contribution >= 4 is 5.97 Å². The van der Waals surface area contributed by atoms with Crippen molar-refractivity contribution in [3.05, 3.63) is 29.6 Å². The molecule has 1 saturated carbocycles. The lowest BCUT2D eigenvalue weighted by Gasteiger charge is -2.36. The largest absolute Gasteiger partial charge is 0.481 e. The van der Waals surface area contributed by atoms with E-state index in [0.717, 1.165) is 36.9 Å². The number of aromatic nitrogens is 1. The van der Waals surface area contributed by atoms with Crippen LogP contribution < -0.4 is 0 Å². The minimum absolute atomic E-state index is 0.688. The van der Waals surface area contributed by atoms with Gasteiger partial charge in [-0.25, -0.2) is 0 Å². The van der Waals surface area contributed by atoms with Gasteiger partial charge in [-0.05, 0) is 30.9 Å². The number of carboxylic acid groups (broad SMARTS) is 1. The molecule has 80 valence electrons. The van der Waals surface area contributed by atoms with Crippen molar-refractivity contribution < 1.29 is 9.90 Å². The van der Waals surface area contributed by atoms with Crippen LogP contribution in [0.4, 0.5) is 0 Å². The van der Waals surface area contributed by atoms with Gasteiger partial charge in [0, 0.05) is 6.20 Å². The third kappa shape index (κ3) is 1.52. The number of nitrogens with zero attached hydrogens (tertiary/aromatic N) is 1. The fraction of sp³-hybridized carbons (Fsp3) is 0.500. The highest BCUT2D eigenvalue weighted by molar-refractivity contribution is 5.81. The topological polar surface area (TPSA) is 50.2 Å². The molecule has 0 radical (unpaired) electrons. The van der Waals surface area contributed by atoms with E-state index in [9.17, 15) is 9.90 Å². The van der Waals surface area contributed by atoms with Crippen molar-refractivity contribution in [2.75, 3.05) is 0 Å². The SMILES string of the molecule is CCc1ccc(C2(C(=O)O)CCC2)nc1. The van der Waals surface area contributed by atoms with Gasteiger partial charge in [-0.1, -0.05) is 19.4 Å². The fourth-order valence-corrected chi connectivity index (χ4v) is 2.03. The molecule has 0 bridgehead atoms. The van der Waals surface area contributed by atoms with E-state index < -0.39 is 11.4 Å². The summed E-state index contributed by atoms with van der Waals surface area (Å²) in [5.74, 6) is -0.731. The molecule has 2 rings (SSSR count). The van der Waals surface area contributed by atoms with Crippen molar-refractivity contribution in [2.45, 2.75) is 38.0 Å². The van der Waals surface area contributed by atoms with Crippen LogP contribution in [0.5, 0.6) is 0 Å². The van der Waals surface area contributed by atoms with Crippen LogP contribution in [0, 0.1) is 0 Å². The summed E-state index contributed by atoms with van der Waals surface area (Å²) >= 11 is 0. The smallest absolute Gasteiger partial charge is 0.315 e. The van der Waals surface area contributed by atoms with Gasteiger partial charge in [-0.15, -0.1) is 0 Å². The predicted molar refractivity (Wildman–Crippen MR) is 56.8 cm³/mol. The summed E-state index contributed by atoms with van der Waals surface area (Å²) in [5, 5.41) is 9.22. The maximum atomic E-state index is 11.2. The third-order valence-electron chi connectivity index (χ3n) is 3.34. The average molecular weight is 205 g/mol. The molecule has 3 nitrogen and oxygen atoms in total. The Kier molecular flexibility index (Phi) is 2.47. The lowest BCUT2D eigenvalue weighted by atomic mass is 9.66. The molecule has 0 spiro atoms. The monoisotopic (exact) mass is 205 g/mol. The molecular weight excluding hydrogens is 190 g/mol. The number of aryl methyl sites for hydroxylation is 1. The minimum Gasteiger partial charge on any atom is -0.481 e. The molecule has 0 atom stereocenters. The van der Waals surface area contributed by atoms with Crippen LogP contribution >= 0.6 is 0 Å². The molecule has 0 unspecified atom stereocenters. The standard InChI is InChI=1S/C12H15NO2/c1-2-9-4-5-10(13-8-9)12(11(14)15)6-3-7-12/h4-5,8H,2-3,6-7H2,1H3,(H,14,15). The quantitative estimate of drug-likeness (QED) is 0.822. The molecule has 1 fully saturated rings. The van der Waals surface area contributed by atoms with Gasteiger partial charge < -0.3 is 5.11 Å². The average Bonchev–Trinajstić information content (AvgIpc) is 2.16. The number of carbonyl (C=O) groups is 1. The van der Waals surface area contributed by atoms with Crippen molar-refractivity contribution in [3.63, 3.8) is 0 Å². The summed E-state index contributed by atoms with van der Waals surface area (Å²) in [6, 6.07) is 3.84. The van der Waals surface area contributed by atoms with E-state index in [1.165, 1.54) is 0 Å². The number of aliphatic carboxylic acids is 1. The highest BCUT2D eigenvalue weighted by Gasteiger charge is 2.47. The summed E-state index contributed by atoms with van der Waals surface area (Å²) in [7, 11) is 0. The zero-order valence-corrected chi connectivity index (χ0v) is 8.86.